The molecule has 124 valence electrons. The van der Waals surface area contributed by atoms with Crippen molar-refractivity contribution in [1.29, 1.82) is 0 Å². The first-order valence-corrected chi connectivity index (χ1v) is 7.78. The molecular formula is C17H21FN2O3. The van der Waals surface area contributed by atoms with Crippen molar-refractivity contribution >= 4 is 17.6 Å². The number of likely N-dealkylation sites (tertiary alicyclic amines) is 1. The minimum absolute atomic E-state index is 0.217. The van der Waals surface area contributed by atoms with Crippen LogP contribution in [0.25, 0.3) is 0 Å². The van der Waals surface area contributed by atoms with Crippen molar-refractivity contribution in [3.8, 4) is 0 Å². The average Bonchev–Trinajstić information content (AvgIpc) is 2.70. The van der Waals surface area contributed by atoms with Gasteiger partial charge in [0.2, 0.25) is 0 Å². The Kier molecular flexibility index (Phi) is 3.67. The number of aromatic carboxylic acids is 1. The number of nitrogens with zero attached hydrogens (tertiary/aromatic N) is 2. The number of halogens is 1. The fourth-order valence-corrected chi connectivity index (χ4v) is 3.84. The van der Waals surface area contributed by atoms with E-state index in [1.807, 2.05) is 11.9 Å². The van der Waals surface area contributed by atoms with Crippen LogP contribution in [0.5, 0.6) is 0 Å². The molecule has 2 aliphatic heterocycles. The summed E-state index contributed by atoms with van der Waals surface area (Å²) in [6.07, 6.45) is 0.217. The molecule has 1 N–H and O–H groups in total. The lowest BCUT2D eigenvalue weighted by molar-refractivity contribution is -0.131. The van der Waals surface area contributed by atoms with Crippen LogP contribution in [0.1, 0.15) is 27.9 Å². The van der Waals surface area contributed by atoms with Crippen molar-refractivity contribution in [3.05, 3.63) is 28.8 Å². The van der Waals surface area contributed by atoms with Gasteiger partial charge in [-0.1, -0.05) is 0 Å². The van der Waals surface area contributed by atoms with Gasteiger partial charge in [-0.15, -0.1) is 0 Å². The van der Waals surface area contributed by atoms with Gasteiger partial charge in [0, 0.05) is 37.7 Å². The molecular weight excluding hydrogens is 299 g/mol. The van der Waals surface area contributed by atoms with Crippen LogP contribution in [0.2, 0.25) is 0 Å². The minimum atomic E-state index is -1.79. The van der Waals surface area contributed by atoms with E-state index < -0.39 is 17.5 Å². The largest absolute Gasteiger partial charge is 0.478 e. The fourth-order valence-electron chi connectivity index (χ4n) is 3.84. The maximum atomic E-state index is 15.2. The van der Waals surface area contributed by atoms with Crippen LogP contribution in [0.3, 0.4) is 0 Å². The maximum absolute atomic E-state index is 15.2. The van der Waals surface area contributed by atoms with E-state index in [0.29, 0.717) is 36.4 Å². The van der Waals surface area contributed by atoms with Gasteiger partial charge < -0.3 is 14.9 Å². The summed E-state index contributed by atoms with van der Waals surface area (Å²) < 4.78 is 15.2. The maximum Gasteiger partial charge on any atom is 0.336 e. The average molecular weight is 320 g/mol. The third-order valence-electron chi connectivity index (χ3n) is 5.08. The summed E-state index contributed by atoms with van der Waals surface area (Å²) in [7, 11) is 1.93. The second-order valence-electron chi connectivity index (χ2n) is 6.75. The molecule has 0 bridgehead atoms. The Labute approximate surface area is 134 Å². The van der Waals surface area contributed by atoms with Gasteiger partial charge in [-0.25, -0.2) is 9.18 Å². The Balaban J connectivity index is 1.97. The number of carbonyl (C=O) groups excluding carboxylic acids is 1. The zero-order valence-electron chi connectivity index (χ0n) is 13.6. The third-order valence-corrected chi connectivity index (χ3v) is 5.08. The van der Waals surface area contributed by atoms with Crippen molar-refractivity contribution < 1.29 is 19.1 Å². The number of aryl methyl sites for hydroxylation is 2. The molecule has 2 atom stereocenters. The highest BCUT2D eigenvalue weighted by atomic mass is 19.1. The number of hydrogen-bond donors (Lipinski definition) is 1. The molecule has 0 unspecified atom stereocenters. The molecule has 0 aliphatic carbocycles. The number of anilines is 1. The molecule has 0 radical (unpaired) electrons. The van der Waals surface area contributed by atoms with Gasteiger partial charge in [0.1, 0.15) is 0 Å². The highest BCUT2D eigenvalue weighted by molar-refractivity contribution is 6.03. The number of carboxylic acids is 1. The lowest BCUT2D eigenvalue weighted by Gasteiger charge is -2.34. The van der Waals surface area contributed by atoms with Crippen LogP contribution in [-0.2, 0) is 4.79 Å². The first-order valence-electron chi connectivity index (χ1n) is 7.78. The molecule has 1 amide bonds. The molecule has 2 heterocycles. The first-order chi connectivity index (χ1) is 10.7. The van der Waals surface area contributed by atoms with Gasteiger partial charge in [-0.2, -0.15) is 0 Å². The number of rotatable bonds is 2. The number of fused-ring (bicyclic) bond motifs is 1. The summed E-state index contributed by atoms with van der Waals surface area (Å²) in [5.41, 5.74) is 0.205. The molecule has 3 rings (SSSR count). The Hall–Kier alpha value is -1.95. The number of amides is 1. The van der Waals surface area contributed by atoms with Crippen LogP contribution in [0.15, 0.2) is 12.1 Å². The zero-order valence-corrected chi connectivity index (χ0v) is 13.6. The van der Waals surface area contributed by atoms with Crippen molar-refractivity contribution in [2.24, 2.45) is 5.92 Å². The first kappa shape index (κ1) is 15.9. The predicted octanol–water partition coefficient (Wildman–Crippen LogP) is 2.01. The van der Waals surface area contributed by atoms with Crippen LogP contribution in [0, 0.1) is 19.8 Å². The number of carboxylic acid groups (broad SMARTS) is 1. The van der Waals surface area contributed by atoms with Gasteiger partial charge in [0.25, 0.3) is 5.91 Å². The van der Waals surface area contributed by atoms with Crippen LogP contribution < -0.4 is 4.90 Å². The van der Waals surface area contributed by atoms with E-state index in [1.54, 1.807) is 26.0 Å². The van der Waals surface area contributed by atoms with E-state index in [0.717, 1.165) is 0 Å². The predicted molar refractivity (Wildman–Crippen MR) is 84.7 cm³/mol. The second kappa shape index (κ2) is 5.30. The molecule has 1 aromatic rings. The highest BCUT2D eigenvalue weighted by Gasteiger charge is 2.57. The molecule has 1 aromatic carbocycles. The van der Waals surface area contributed by atoms with Crippen LogP contribution in [0.4, 0.5) is 10.1 Å². The van der Waals surface area contributed by atoms with Gasteiger partial charge in [-0.3, -0.25) is 4.79 Å². The number of piperidine rings is 1. The zero-order chi connectivity index (χ0) is 16.9. The van der Waals surface area contributed by atoms with Gasteiger partial charge in [-0.05, 0) is 44.2 Å². The summed E-state index contributed by atoms with van der Waals surface area (Å²) >= 11 is 0. The van der Waals surface area contributed by atoms with Gasteiger partial charge >= 0.3 is 5.97 Å². The van der Waals surface area contributed by atoms with Crippen LogP contribution in [-0.4, -0.2) is 54.2 Å². The molecule has 0 aromatic heterocycles. The minimum Gasteiger partial charge on any atom is -0.478 e. The van der Waals surface area contributed by atoms with Gasteiger partial charge in [0.15, 0.2) is 5.67 Å². The summed E-state index contributed by atoms with van der Waals surface area (Å²) in [6, 6.07) is 3.33. The van der Waals surface area contributed by atoms with E-state index in [4.69, 9.17) is 0 Å². The number of carbonyl (C=O) groups is 2. The third kappa shape index (κ3) is 2.41. The summed E-state index contributed by atoms with van der Waals surface area (Å²) in [4.78, 5) is 27.4. The lowest BCUT2D eigenvalue weighted by atomic mass is 9.85. The summed E-state index contributed by atoms with van der Waals surface area (Å²) in [5, 5.41) is 9.25. The van der Waals surface area contributed by atoms with E-state index in [-0.39, 0.29) is 17.9 Å². The van der Waals surface area contributed by atoms with Crippen molar-refractivity contribution in [3.63, 3.8) is 0 Å². The van der Waals surface area contributed by atoms with Gasteiger partial charge in [0.05, 0.1) is 5.56 Å². The standard InChI is InChI=1S/C17H21FN2O3/c1-10-6-13(7-11(2)14(10)15(21)22)20-9-12-8-19(3)5-4-17(12,18)16(20)23/h6-7,12H,4-5,8-9H2,1-3H3,(H,21,22)/t12-,17+/m0/s1. The quantitative estimate of drug-likeness (QED) is 0.905. The smallest absolute Gasteiger partial charge is 0.336 e. The second-order valence-corrected chi connectivity index (χ2v) is 6.75. The van der Waals surface area contributed by atoms with Crippen molar-refractivity contribution in [2.45, 2.75) is 25.9 Å². The number of hydrogen-bond acceptors (Lipinski definition) is 3. The highest BCUT2D eigenvalue weighted by Crippen LogP contribution is 2.41. The number of alkyl halides is 1. The molecule has 2 saturated heterocycles. The molecule has 2 fully saturated rings. The number of benzene rings is 1. The molecule has 0 spiro atoms. The topological polar surface area (TPSA) is 60.9 Å². The molecule has 2 aliphatic rings. The summed E-state index contributed by atoms with van der Waals surface area (Å²) in [6.45, 7) is 4.87. The van der Waals surface area contributed by atoms with Crippen molar-refractivity contribution in [1.82, 2.24) is 4.90 Å². The Bertz CT molecular complexity index is 667. The lowest BCUT2D eigenvalue weighted by Crippen LogP contribution is -2.49. The normalized spacial score (nSPS) is 28.1. The fraction of sp³-hybridized carbons (Fsp3) is 0.529. The molecule has 5 nitrogen and oxygen atoms in total. The summed E-state index contributed by atoms with van der Waals surface area (Å²) in [5.74, 6) is -1.82. The SMILES string of the molecule is Cc1cc(N2C[C@@H]3CN(C)CC[C@]3(F)C2=O)cc(C)c1C(=O)O. The van der Waals surface area contributed by atoms with E-state index in [2.05, 4.69) is 0 Å². The van der Waals surface area contributed by atoms with Crippen molar-refractivity contribution in [2.75, 3.05) is 31.6 Å². The van der Waals surface area contributed by atoms with E-state index in [9.17, 15) is 14.7 Å². The van der Waals surface area contributed by atoms with E-state index in [1.165, 1.54) is 4.90 Å². The Morgan fingerprint density at radius 2 is 1.91 bits per heavy atom. The molecule has 23 heavy (non-hydrogen) atoms. The Morgan fingerprint density at radius 1 is 1.30 bits per heavy atom. The van der Waals surface area contributed by atoms with Crippen LogP contribution >= 0.6 is 0 Å². The monoisotopic (exact) mass is 320 g/mol. The van der Waals surface area contributed by atoms with E-state index >= 15 is 4.39 Å². The Morgan fingerprint density at radius 3 is 2.48 bits per heavy atom. The molecule has 0 saturated carbocycles. The molecule has 6 heteroatoms.